The van der Waals surface area contributed by atoms with E-state index in [0.29, 0.717) is 12.0 Å². The lowest BCUT2D eigenvalue weighted by molar-refractivity contribution is 0.587. The van der Waals surface area contributed by atoms with E-state index >= 15 is 0 Å². The smallest absolute Gasteiger partial charge is 0.251 e. The number of fused-ring (bicyclic) bond motifs is 1. The zero-order valence-corrected chi connectivity index (χ0v) is 12.6. The van der Waals surface area contributed by atoms with E-state index in [4.69, 9.17) is 0 Å². The summed E-state index contributed by atoms with van der Waals surface area (Å²) in [6.45, 7) is 4.18. The Labute approximate surface area is 118 Å². The van der Waals surface area contributed by atoms with E-state index in [1.807, 2.05) is 32.0 Å². The standard InChI is InChI=1S/C14H18N2O3S/c1-9-6-10(2)13-12(7-9)8-11(14(17)16-13)4-5-15-20(3,18)19/h6-8,15H,4-5H2,1-3H3,(H,16,17). The summed E-state index contributed by atoms with van der Waals surface area (Å²) in [5.74, 6) is 0. The average molecular weight is 294 g/mol. The number of hydrogen-bond acceptors (Lipinski definition) is 3. The Kier molecular flexibility index (Phi) is 3.96. The molecule has 20 heavy (non-hydrogen) atoms. The fraction of sp³-hybridized carbons (Fsp3) is 0.357. The summed E-state index contributed by atoms with van der Waals surface area (Å²) < 4.78 is 24.4. The van der Waals surface area contributed by atoms with Gasteiger partial charge < -0.3 is 4.98 Å². The van der Waals surface area contributed by atoms with Crippen molar-refractivity contribution >= 4 is 20.9 Å². The Bertz CT molecular complexity index is 807. The van der Waals surface area contributed by atoms with Gasteiger partial charge in [0.2, 0.25) is 10.0 Å². The Morgan fingerprint density at radius 3 is 2.55 bits per heavy atom. The van der Waals surface area contributed by atoms with Gasteiger partial charge in [-0.15, -0.1) is 0 Å². The first-order valence-corrected chi connectivity index (χ1v) is 8.23. The van der Waals surface area contributed by atoms with Crippen LogP contribution in [0.1, 0.15) is 16.7 Å². The maximum absolute atomic E-state index is 12.0. The molecule has 1 heterocycles. The minimum atomic E-state index is -3.23. The van der Waals surface area contributed by atoms with E-state index in [0.717, 1.165) is 28.3 Å². The third kappa shape index (κ3) is 3.46. The molecule has 0 aliphatic heterocycles. The van der Waals surface area contributed by atoms with E-state index in [9.17, 15) is 13.2 Å². The molecule has 0 spiro atoms. The summed E-state index contributed by atoms with van der Waals surface area (Å²) in [4.78, 5) is 14.9. The molecule has 0 aliphatic carbocycles. The van der Waals surface area contributed by atoms with Crippen molar-refractivity contribution in [2.75, 3.05) is 12.8 Å². The minimum Gasteiger partial charge on any atom is -0.321 e. The van der Waals surface area contributed by atoms with Crippen molar-refractivity contribution in [3.63, 3.8) is 0 Å². The van der Waals surface area contributed by atoms with Crippen LogP contribution in [0.5, 0.6) is 0 Å². The van der Waals surface area contributed by atoms with Crippen LogP contribution >= 0.6 is 0 Å². The highest BCUT2D eigenvalue weighted by Gasteiger charge is 2.07. The second-order valence-corrected chi connectivity index (χ2v) is 6.92. The van der Waals surface area contributed by atoms with Crippen LogP contribution in [0, 0.1) is 13.8 Å². The van der Waals surface area contributed by atoms with Crippen molar-refractivity contribution in [3.8, 4) is 0 Å². The topological polar surface area (TPSA) is 79.0 Å². The molecule has 2 N–H and O–H groups in total. The van der Waals surface area contributed by atoms with Gasteiger partial charge in [0.05, 0.1) is 11.8 Å². The normalized spacial score (nSPS) is 11.9. The molecule has 0 amide bonds. The van der Waals surface area contributed by atoms with Crippen molar-refractivity contribution in [3.05, 3.63) is 45.2 Å². The van der Waals surface area contributed by atoms with Crippen molar-refractivity contribution in [1.82, 2.24) is 9.71 Å². The lowest BCUT2D eigenvalue weighted by Gasteiger charge is -2.07. The Hall–Kier alpha value is -1.66. The van der Waals surface area contributed by atoms with Crippen molar-refractivity contribution in [1.29, 1.82) is 0 Å². The average Bonchev–Trinajstić information content (AvgIpc) is 2.29. The number of benzene rings is 1. The molecule has 1 aromatic carbocycles. The molecule has 0 bridgehead atoms. The molecule has 0 atom stereocenters. The number of aromatic amines is 1. The van der Waals surface area contributed by atoms with E-state index in [1.54, 1.807) is 0 Å². The minimum absolute atomic E-state index is 0.167. The molecule has 1 aromatic heterocycles. The largest absolute Gasteiger partial charge is 0.321 e. The van der Waals surface area contributed by atoms with Gasteiger partial charge in [-0.25, -0.2) is 13.1 Å². The van der Waals surface area contributed by atoms with Crippen LogP contribution in [0.4, 0.5) is 0 Å². The van der Waals surface area contributed by atoms with Gasteiger partial charge >= 0.3 is 0 Å². The lowest BCUT2D eigenvalue weighted by Crippen LogP contribution is -2.26. The number of nitrogens with one attached hydrogen (secondary N) is 2. The van der Waals surface area contributed by atoms with Crippen molar-refractivity contribution in [2.45, 2.75) is 20.3 Å². The molecule has 2 rings (SSSR count). The zero-order chi connectivity index (χ0) is 14.9. The molecule has 6 heteroatoms. The van der Waals surface area contributed by atoms with Crippen LogP contribution in [-0.2, 0) is 16.4 Å². The number of H-pyrrole nitrogens is 1. The molecule has 0 radical (unpaired) electrons. The molecular formula is C14H18N2O3S. The van der Waals surface area contributed by atoms with E-state index < -0.39 is 10.0 Å². The fourth-order valence-corrected chi connectivity index (χ4v) is 2.76. The summed E-state index contributed by atoms with van der Waals surface area (Å²) in [6.07, 6.45) is 1.47. The van der Waals surface area contributed by atoms with Crippen LogP contribution in [-0.4, -0.2) is 26.2 Å². The summed E-state index contributed by atoms with van der Waals surface area (Å²) in [7, 11) is -3.23. The van der Waals surface area contributed by atoms with E-state index in [2.05, 4.69) is 9.71 Å². The van der Waals surface area contributed by atoms with Crippen molar-refractivity contribution in [2.24, 2.45) is 0 Å². The van der Waals surface area contributed by atoms with E-state index in [1.165, 1.54) is 0 Å². The molecule has 2 aromatic rings. The number of rotatable bonds is 4. The molecule has 0 fully saturated rings. The predicted molar refractivity (Wildman–Crippen MR) is 80.6 cm³/mol. The van der Waals surface area contributed by atoms with Gasteiger partial charge in [-0.3, -0.25) is 4.79 Å². The van der Waals surface area contributed by atoms with Gasteiger partial charge in [0, 0.05) is 12.1 Å². The van der Waals surface area contributed by atoms with Crippen LogP contribution < -0.4 is 10.3 Å². The molecule has 5 nitrogen and oxygen atoms in total. The predicted octanol–water partition coefficient (Wildman–Crippen LogP) is 1.24. The third-order valence-corrected chi connectivity index (χ3v) is 3.86. The first kappa shape index (κ1) is 14.7. The molecular weight excluding hydrogens is 276 g/mol. The van der Waals surface area contributed by atoms with Gasteiger partial charge in [0.15, 0.2) is 0 Å². The second-order valence-electron chi connectivity index (χ2n) is 5.09. The van der Waals surface area contributed by atoms with Gasteiger partial charge in [0.1, 0.15) is 0 Å². The number of hydrogen-bond donors (Lipinski definition) is 2. The van der Waals surface area contributed by atoms with Gasteiger partial charge in [-0.05, 0) is 43.4 Å². The van der Waals surface area contributed by atoms with E-state index in [-0.39, 0.29) is 12.1 Å². The maximum atomic E-state index is 12.0. The zero-order valence-electron chi connectivity index (χ0n) is 11.8. The highest BCUT2D eigenvalue weighted by atomic mass is 32.2. The highest BCUT2D eigenvalue weighted by Crippen LogP contribution is 2.17. The van der Waals surface area contributed by atoms with Crippen LogP contribution in [0.2, 0.25) is 0 Å². The first-order chi connectivity index (χ1) is 9.26. The van der Waals surface area contributed by atoms with Crippen LogP contribution in [0.3, 0.4) is 0 Å². The van der Waals surface area contributed by atoms with Crippen LogP contribution in [0.25, 0.3) is 10.9 Å². The molecule has 0 saturated carbocycles. The second kappa shape index (κ2) is 5.38. The summed E-state index contributed by atoms with van der Waals surface area (Å²) >= 11 is 0. The summed E-state index contributed by atoms with van der Waals surface area (Å²) in [5, 5.41) is 0.969. The SMILES string of the molecule is Cc1cc(C)c2[nH]c(=O)c(CCNS(C)(=O)=O)cc2c1. The number of sulfonamides is 1. The monoisotopic (exact) mass is 294 g/mol. The van der Waals surface area contributed by atoms with Gasteiger partial charge in [-0.2, -0.15) is 0 Å². The summed E-state index contributed by atoms with van der Waals surface area (Å²) in [5.41, 5.74) is 3.40. The Morgan fingerprint density at radius 1 is 1.20 bits per heavy atom. The lowest BCUT2D eigenvalue weighted by atomic mass is 10.0. The molecule has 0 saturated heterocycles. The van der Waals surface area contributed by atoms with Gasteiger partial charge in [-0.1, -0.05) is 11.6 Å². The molecule has 0 aliphatic rings. The first-order valence-electron chi connectivity index (χ1n) is 6.34. The Morgan fingerprint density at radius 2 is 1.90 bits per heavy atom. The quantitative estimate of drug-likeness (QED) is 0.890. The molecule has 108 valence electrons. The Balaban J connectivity index is 2.35. The number of aryl methyl sites for hydroxylation is 2. The maximum Gasteiger partial charge on any atom is 0.251 e. The number of pyridine rings is 1. The van der Waals surface area contributed by atoms with Crippen LogP contribution in [0.15, 0.2) is 23.0 Å². The summed E-state index contributed by atoms with van der Waals surface area (Å²) in [6, 6.07) is 5.85. The molecule has 0 unspecified atom stereocenters. The highest BCUT2D eigenvalue weighted by molar-refractivity contribution is 7.88. The fourth-order valence-electron chi connectivity index (χ4n) is 2.29. The number of aromatic nitrogens is 1. The third-order valence-electron chi connectivity index (χ3n) is 3.13. The van der Waals surface area contributed by atoms with Crippen molar-refractivity contribution < 1.29 is 8.42 Å². The van der Waals surface area contributed by atoms with Gasteiger partial charge in [0.25, 0.3) is 5.56 Å².